The van der Waals surface area contributed by atoms with Crippen LogP contribution in [0, 0.1) is 17.2 Å². The zero-order valence-electron chi connectivity index (χ0n) is 18.6. The van der Waals surface area contributed by atoms with Crippen LogP contribution < -0.4 is 10.5 Å². The van der Waals surface area contributed by atoms with Crippen molar-refractivity contribution in [3.63, 3.8) is 0 Å². The van der Waals surface area contributed by atoms with Crippen LogP contribution in [0.15, 0.2) is 45.9 Å². The molecule has 1 unspecified atom stereocenters. The highest BCUT2D eigenvalue weighted by Gasteiger charge is 2.55. The lowest BCUT2D eigenvalue weighted by molar-refractivity contribution is -0.192. The third-order valence-electron chi connectivity index (χ3n) is 6.45. The number of alkyl halides is 3. The highest BCUT2D eigenvalue weighted by molar-refractivity contribution is 9.10. The number of hydrogen-bond acceptors (Lipinski definition) is 7. The topological polar surface area (TPSA) is 138 Å². The summed E-state index contributed by atoms with van der Waals surface area (Å²) in [6.07, 6.45) is -3.38. The van der Waals surface area contributed by atoms with Gasteiger partial charge in [0, 0.05) is 16.0 Å². The molecule has 190 valence electrons. The third kappa shape index (κ3) is 4.99. The quantitative estimate of drug-likeness (QED) is 0.471. The molecule has 0 amide bonds. The second-order valence-corrected chi connectivity index (χ2v) is 9.66. The molecule has 2 aliphatic heterocycles. The van der Waals surface area contributed by atoms with E-state index >= 15 is 0 Å². The maximum absolute atomic E-state index is 10.6. The van der Waals surface area contributed by atoms with Gasteiger partial charge >= 0.3 is 12.1 Å². The van der Waals surface area contributed by atoms with Crippen molar-refractivity contribution >= 4 is 27.9 Å². The number of benzene rings is 2. The molecule has 1 saturated carbocycles. The molecule has 8 nitrogen and oxygen atoms in total. The maximum atomic E-state index is 10.6. The number of halogens is 4. The summed E-state index contributed by atoms with van der Waals surface area (Å²) in [6.45, 7) is 0.342. The van der Waals surface area contributed by atoms with Gasteiger partial charge in [-0.05, 0) is 60.7 Å². The summed E-state index contributed by atoms with van der Waals surface area (Å²) in [7, 11) is 0. The highest BCUT2D eigenvalue weighted by atomic mass is 79.9. The summed E-state index contributed by atoms with van der Waals surface area (Å²) in [5, 5.41) is 26.8. The molecule has 3 aliphatic rings. The lowest BCUT2D eigenvalue weighted by Crippen LogP contribution is -2.51. The molecule has 0 aromatic heterocycles. The van der Waals surface area contributed by atoms with Gasteiger partial charge in [0.05, 0.1) is 17.7 Å². The van der Waals surface area contributed by atoms with E-state index < -0.39 is 17.7 Å². The Morgan fingerprint density at radius 3 is 2.56 bits per heavy atom. The minimum Gasteiger partial charge on any atom is -0.490 e. The van der Waals surface area contributed by atoms with Gasteiger partial charge in [0.2, 0.25) is 0 Å². The number of aliphatic hydroxyl groups is 1. The number of ether oxygens (including phenoxy) is 2. The van der Waals surface area contributed by atoms with Crippen LogP contribution in [0.25, 0.3) is 11.1 Å². The van der Waals surface area contributed by atoms with Gasteiger partial charge < -0.3 is 25.4 Å². The van der Waals surface area contributed by atoms with E-state index in [0.717, 1.165) is 39.8 Å². The number of nitriles is 1. The number of aliphatic carboxylic acids is 1. The fraction of sp³-hybridized carbons (Fsp3) is 0.375. The molecule has 0 bridgehead atoms. The van der Waals surface area contributed by atoms with Crippen LogP contribution in [-0.2, 0) is 15.1 Å². The van der Waals surface area contributed by atoms with Crippen molar-refractivity contribution in [3.8, 4) is 22.9 Å². The fourth-order valence-corrected chi connectivity index (χ4v) is 5.36. The van der Waals surface area contributed by atoms with Crippen LogP contribution in [-0.4, -0.2) is 47.2 Å². The van der Waals surface area contributed by atoms with E-state index in [1.165, 1.54) is 0 Å². The summed E-state index contributed by atoms with van der Waals surface area (Å²) in [5.41, 5.74) is 8.67. The summed E-state index contributed by atoms with van der Waals surface area (Å²) in [5.74, 6) is -1.98. The van der Waals surface area contributed by atoms with Crippen molar-refractivity contribution in [2.45, 2.75) is 43.2 Å². The van der Waals surface area contributed by atoms with Gasteiger partial charge in [0.1, 0.15) is 24.0 Å². The zero-order valence-corrected chi connectivity index (χ0v) is 20.2. The van der Waals surface area contributed by atoms with Crippen molar-refractivity contribution in [1.29, 1.82) is 5.26 Å². The first kappa shape index (κ1) is 25.8. The Morgan fingerprint density at radius 2 is 1.94 bits per heavy atom. The molecule has 0 saturated heterocycles. The monoisotopic (exact) mass is 567 g/mol. The molecule has 4 atom stereocenters. The number of aliphatic hydroxyl groups excluding tert-OH is 1. The first-order valence-electron chi connectivity index (χ1n) is 10.9. The number of amidine groups is 1. The Hall–Kier alpha value is -3.30. The molecule has 36 heavy (non-hydrogen) atoms. The Labute approximate surface area is 212 Å². The SMILES string of the molecule is N#Cc1cc(Br)cc(-c2ccc3c(c2)C2(COC(N)=N2)[C@H]2C[C@@H](O)CC[C@@H]2O3)c1.O=C(O)C(F)(F)F. The third-order valence-corrected chi connectivity index (χ3v) is 6.91. The van der Waals surface area contributed by atoms with E-state index in [2.05, 4.69) is 28.1 Å². The predicted molar refractivity (Wildman–Crippen MR) is 125 cm³/mol. The van der Waals surface area contributed by atoms with E-state index in [-0.39, 0.29) is 24.1 Å². The Balaban J connectivity index is 0.000000384. The molecule has 1 fully saturated rings. The molecule has 1 spiro atoms. The minimum atomic E-state index is -5.08. The van der Waals surface area contributed by atoms with Crippen molar-refractivity contribution in [2.24, 2.45) is 16.6 Å². The number of aliphatic imine (C=N–C) groups is 1. The number of hydrogen-bond donors (Lipinski definition) is 3. The molecular weight excluding hydrogens is 547 g/mol. The lowest BCUT2D eigenvalue weighted by atomic mass is 9.67. The minimum absolute atomic E-state index is 0.00720. The summed E-state index contributed by atoms with van der Waals surface area (Å²) in [6, 6.07) is 14.0. The number of carbonyl (C=O) groups is 1. The summed E-state index contributed by atoms with van der Waals surface area (Å²) < 4.78 is 44.5. The van der Waals surface area contributed by atoms with Gasteiger partial charge in [0.15, 0.2) is 0 Å². The van der Waals surface area contributed by atoms with Crippen molar-refractivity contribution in [2.75, 3.05) is 6.61 Å². The molecular formula is C24H21BrF3N3O5. The molecule has 2 aromatic carbocycles. The van der Waals surface area contributed by atoms with Crippen LogP contribution in [0.4, 0.5) is 13.2 Å². The fourth-order valence-electron chi connectivity index (χ4n) is 4.87. The van der Waals surface area contributed by atoms with Gasteiger partial charge in [-0.1, -0.05) is 22.0 Å². The Morgan fingerprint density at radius 1 is 1.22 bits per heavy atom. The van der Waals surface area contributed by atoms with Gasteiger partial charge in [-0.25, -0.2) is 9.79 Å². The van der Waals surface area contributed by atoms with Crippen LogP contribution in [0.5, 0.6) is 5.75 Å². The largest absolute Gasteiger partial charge is 0.490 e. The van der Waals surface area contributed by atoms with E-state index in [1.54, 1.807) is 6.07 Å². The second-order valence-electron chi connectivity index (χ2n) is 8.75. The highest BCUT2D eigenvalue weighted by Crippen LogP contribution is 2.53. The smallest absolute Gasteiger partial charge is 0.490 e. The van der Waals surface area contributed by atoms with Crippen LogP contribution in [0.1, 0.15) is 30.4 Å². The summed E-state index contributed by atoms with van der Waals surface area (Å²) in [4.78, 5) is 13.6. The van der Waals surface area contributed by atoms with E-state index in [9.17, 15) is 23.5 Å². The average molecular weight is 568 g/mol. The van der Waals surface area contributed by atoms with Crippen LogP contribution in [0.3, 0.4) is 0 Å². The van der Waals surface area contributed by atoms with E-state index in [0.29, 0.717) is 18.6 Å². The average Bonchev–Trinajstić information content (AvgIpc) is 3.21. The van der Waals surface area contributed by atoms with E-state index in [1.807, 2.05) is 24.3 Å². The Bertz CT molecular complexity index is 1260. The van der Waals surface area contributed by atoms with Crippen molar-refractivity contribution in [1.82, 2.24) is 0 Å². The summed E-state index contributed by atoms with van der Waals surface area (Å²) >= 11 is 3.48. The van der Waals surface area contributed by atoms with E-state index in [4.69, 9.17) is 30.1 Å². The first-order chi connectivity index (χ1) is 16.9. The van der Waals surface area contributed by atoms with Crippen LogP contribution in [0.2, 0.25) is 0 Å². The molecule has 12 heteroatoms. The maximum Gasteiger partial charge on any atom is 0.490 e. The number of carboxylic acid groups (broad SMARTS) is 1. The van der Waals surface area contributed by atoms with Crippen LogP contribution >= 0.6 is 15.9 Å². The molecule has 2 heterocycles. The molecule has 5 rings (SSSR count). The van der Waals surface area contributed by atoms with Gasteiger partial charge in [-0.2, -0.15) is 18.4 Å². The number of nitrogens with two attached hydrogens (primary N) is 1. The Kier molecular flexibility index (Phi) is 6.90. The normalized spacial score (nSPS) is 26.2. The molecule has 1 aliphatic carbocycles. The molecule has 2 aromatic rings. The zero-order chi connectivity index (χ0) is 26.3. The van der Waals surface area contributed by atoms with Crippen molar-refractivity contribution in [3.05, 3.63) is 52.0 Å². The molecule has 0 radical (unpaired) electrons. The standard InChI is InChI=1S/C22H20BrN3O3.C2HF3O2/c23-15-6-12(10-24)5-14(7-15)13-1-3-19-17(8-13)22(11-28-21(25)26-22)18-9-16(27)2-4-20(18)29-19;3-2(4,5)1(6)7/h1,3,5-8,16,18,20,27H,2,4,9,11H2,(H2,25,26);(H,6,7)/t16-,18-,20-,22?;/m0./s1. The number of nitrogens with zero attached hydrogens (tertiary/aromatic N) is 2. The second kappa shape index (κ2) is 9.63. The lowest BCUT2D eigenvalue weighted by Gasteiger charge is -2.47. The number of rotatable bonds is 1. The molecule has 4 N–H and O–H groups in total. The van der Waals surface area contributed by atoms with Gasteiger partial charge in [-0.15, -0.1) is 0 Å². The van der Waals surface area contributed by atoms with Gasteiger partial charge in [0.25, 0.3) is 6.02 Å². The van der Waals surface area contributed by atoms with Gasteiger partial charge in [-0.3, -0.25) is 0 Å². The first-order valence-corrected chi connectivity index (χ1v) is 11.7. The number of fused-ring (bicyclic) bond motifs is 4. The van der Waals surface area contributed by atoms with Crippen molar-refractivity contribution < 1.29 is 37.7 Å². The number of carboxylic acids is 1. The predicted octanol–water partition coefficient (Wildman–Crippen LogP) is 4.08.